The molecule has 1 aromatic heterocycles. The van der Waals surface area contributed by atoms with E-state index in [1.54, 1.807) is 0 Å². The molecule has 0 radical (unpaired) electrons. The normalized spacial score (nSPS) is 12.0. The van der Waals surface area contributed by atoms with Crippen molar-refractivity contribution in [3.8, 4) is 11.3 Å². The van der Waals surface area contributed by atoms with E-state index in [4.69, 9.17) is 0 Å². The van der Waals surface area contributed by atoms with Gasteiger partial charge in [0.15, 0.2) is 0 Å². The molecular weight excluding hydrogens is 314 g/mol. The maximum atomic E-state index is 2.34. The van der Waals surface area contributed by atoms with Crippen LogP contribution in [0.5, 0.6) is 0 Å². The van der Waals surface area contributed by atoms with Crippen molar-refractivity contribution < 1.29 is 4.57 Å². The number of fused-ring (bicyclic) bond motifs is 2. The van der Waals surface area contributed by atoms with Crippen LogP contribution in [0.15, 0.2) is 66.7 Å². The fraction of sp³-hybridized carbons (Fsp3) is 0.240. The molecule has 1 nitrogen and oxygen atoms in total. The topological polar surface area (TPSA) is 3.88 Å². The summed E-state index contributed by atoms with van der Waals surface area (Å²) in [4.78, 5) is 0. The molecule has 4 aromatic rings. The molecular formula is C25H26N+. The molecule has 1 heteroatoms. The number of aromatic nitrogens is 1. The van der Waals surface area contributed by atoms with Crippen molar-refractivity contribution in [1.29, 1.82) is 0 Å². The molecule has 0 aliphatic carbocycles. The van der Waals surface area contributed by atoms with Crippen LogP contribution in [0.3, 0.4) is 0 Å². The molecule has 3 aromatic carbocycles. The number of benzene rings is 3. The van der Waals surface area contributed by atoms with Crippen LogP contribution in [-0.2, 0) is 12.5 Å². The second-order valence-corrected chi connectivity index (χ2v) is 8.28. The molecule has 0 bridgehead atoms. The molecule has 0 amide bonds. The van der Waals surface area contributed by atoms with Gasteiger partial charge < -0.3 is 0 Å². The summed E-state index contributed by atoms with van der Waals surface area (Å²) in [6.07, 6.45) is 0. The maximum absolute atomic E-state index is 2.34. The zero-order chi connectivity index (χ0) is 18.5. The van der Waals surface area contributed by atoms with Gasteiger partial charge in [-0.1, -0.05) is 63.2 Å². The highest BCUT2D eigenvalue weighted by molar-refractivity contribution is 5.89. The van der Waals surface area contributed by atoms with Crippen LogP contribution < -0.4 is 4.57 Å². The van der Waals surface area contributed by atoms with Gasteiger partial charge in [0.25, 0.3) is 0 Å². The van der Waals surface area contributed by atoms with E-state index in [0.29, 0.717) is 0 Å². The van der Waals surface area contributed by atoms with Crippen LogP contribution in [0.1, 0.15) is 31.9 Å². The lowest BCUT2D eigenvalue weighted by molar-refractivity contribution is -0.633. The SMILES string of the molecule is Cc1cc2ccccc2cc1-c1ccc2c(C(C)(C)C)cccc2[n+]1C. The van der Waals surface area contributed by atoms with Crippen molar-refractivity contribution in [2.75, 3.05) is 0 Å². The molecule has 130 valence electrons. The quantitative estimate of drug-likeness (QED) is 0.369. The highest BCUT2D eigenvalue weighted by Crippen LogP contribution is 2.31. The molecule has 0 saturated carbocycles. The van der Waals surface area contributed by atoms with Crippen molar-refractivity contribution in [3.63, 3.8) is 0 Å². The number of hydrogen-bond donors (Lipinski definition) is 0. The number of hydrogen-bond acceptors (Lipinski definition) is 0. The third-order valence-electron chi connectivity index (χ3n) is 5.39. The molecule has 4 rings (SSSR count). The first-order valence-corrected chi connectivity index (χ1v) is 9.28. The van der Waals surface area contributed by atoms with E-state index in [-0.39, 0.29) is 5.41 Å². The Morgan fingerprint density at radius 2 is 1.46 bits per heavy atom. The Hall–Kier alpha value is -2.67. The molecule has 0 aliphatic heterocycles. The third kappa shape index (κ3) is 2.68. The van der Waals surface area contributed by atoms with E-state index < -0.39 is 0 Å². The standard InChI is InChI=1S/C25H26N/c1-17-15-18-9-6-7-10-19(18)16-21(17)24-14-13-20-22(25(2,3)4)11-8-12-23(20)26(24)5/h6-16H,1-5H3/q+1. The first kappa shape index (κ1) is 16.8. The number of rotatable bonds is 1. The summed E-state index contributed by atoms with van der Waals surface area (Å²) in [7, 11) is 2.18. The average Bonchev–Trinajstić information content (AvgIpc) is 2.61. The number of pyridine rings is 1. The predicted molar refractivity (Wildman–Crippen MR) is 112 cm³/mol. The Morgan fingerprint density at radius 1 is 0.769 bits per heavy atom. The summed E-state index contributed by atoms with van der Waals surface area (Å²) < 4.78 is 2.34. The van der Waals surface area contributed by atoms with Crippen LogP contribution in [0.25, 0.3) is 32.9 Å². The minimum atomic E-state index is 0.132. The fourth-order valence-corrected chi connectivity index (χ4v) is 3.98. The molecule has 0 atom stereocenters. The Labute approximate surface area is 155 Å². The lowest BCUT2D eigenvalue weighted by Gasteiger charge is -2.20. The van der Waals surface area contributed by atoms with Crippen molar-refractivity contribution >= 4 is 21.7 Å². The molecule has 26 heavy (non-hydrogen) atoms. The zero-order valence-electron chi connectivity index (χ0n) is 16.3. The predicted octanol–water partition coefficient (Wildman–Crippen LogP) is 6.09. The van der Waals surface area contributed by atoms with Gasteiger partial charge in [0.1, 0.15) is 7.05 Å². The molecule has 0 spiro atoms. The summed E-state index contributed by atoms with van der Waals surface area (Å²) in [5.74, 6) is 0. The van der Waals surface area contributed by atoms with Gasteiger partial charge in [-0.2, -0.15) is 4.57 Å². The molecule has 0 fully saturated rings. The van der Waals surface area contributed by atoms with Gasteiger partial charge in [-0.15, -0.1) is 0 Å². The fourth-order valence-electron chi connectivity index (χ4n) is 3.98. The van der Waals surface area contributed by atoms with Crippen LogP contribution in [0.2, 0.25) is 0 Å². The van der Waals surface area contributed by atoms with Gasteiger partial charge in [-0.05, 0) is 46.4 Å². The minimum absolute atomic E-state index is 0.132. The largest absolute Gasteiger partial charge is 0.213 e. The van der Waals surface area contributed by atoms with Crippen LogP contribution in [-0.4, -0.2) is 0 Å². The third-order valence-corrected chi connectivity index (χ3v) is 5.39. The smallest absolute Gasteiger partial charge is 0.194 e. The Balaban J connectivity index is 1.99. The lowest BCUT2D eigenvalue weighted by atomic mass is 9.84. The van der Waals surface area contributed by atoms with Crippen molar-refractivity contribution in [2.24, 2.45) is 7.05 Å². The van der Waals surface area contributed by atoms with Crippen molar-refractivity contribution in [3.05, 3.63) is 77.9 Å². The van der Waals surface area contributed by atoms with E-state index in [2.05, 4.69) is 106 Å². The molecule has 0 saturated heterocycles. The van der Waals surface area contributed by atoms with Crippen molar-refractivity contribution in [1.82, 2.24) is 0 Å². The summed E-state index contributed by atoms with van der Waals surface area (Å²) in [5, 5.41) is 3.92. The zero-order valence-corrected chi connectivity index (χ0v) is 16.3. The summed E-state index contributed by atoms with van der Waals surface area (Å²) in [6.45, 7) is 9.05. The number of nitrogens with zero attached hydrogens (tertiary/aromatic N) is 1. The summed E-state index contributed by atoms with van der Waals surface area (Å²) in [6, 6.07) is 24.4. The second kappa shape index (κ2) is 5.95. The lowest BCUT2D eigenvalue weighted by Crippen LogP contribution is -2.32. The van der Waals surface area contributed by atoms with Gasteiger partial charge >= 0.3 is 0 Å². The van der Waals surface area contributed by atoms with E-state index >= 15 is 0 Å². The Bertz CT molecular complexity index is 1130. The van der Waals surface area contributed by atoms with E-state index in [1.807, 2.05) is 0 Å². The first-order chi connectivity index (χ1) is 12.4. The van der Waals surface area contributed by atoms with E-state index in [1.165, 1.54) is 44.1 Å². The van der Waals surface area contributed by atoms with E-state index in [0.717, 1.165) is 0 Å². The van der Waals surface area contributed by atoms with Gasteiger partial charge in [-0.3, -0.25) is 0 Å². The summed E-state index contributed by atoms with van der Waals surface area (Å²) in [5.41, 5.74) is 6.67. The molecule has 0 unspecified atom stereocenters. The maximum Gasteiger partial charge on any atom is 0.213 e. The highest BCUT2D eigenvalue weighted by Gasteiger charge is 2.22. The molecule has 1 heterocycles. The highest BCUT2D eigenvalue weighted by atomic mass is 14.9. The van der Waals surface area contributed by atoms with Gasteiger partial charge in [0.05, 0.1) is 5.39 Å². The van der Waals surface area contributed by atoms with Gasteiger partial charge in [-0.25, -0.2) is 0 Å². The monoisotopic (exact) mass is 340 g/mol. The molecule has 0 N–H and O–H groups in total. The Morgan fingerprint density at radius 3 is 2.15 bits per heavy atom. The summed E-state index contributed by atoms with van der Waals surface area (Å²) >= 11 is 0. The molecule has 0 aliphatic rings. The minimum Gasteiger partial charge on any atom is -0.194 e. The van der Waals surface area contributed by atoms with Crippen LogP contribution in [0, 0.1) is 6.92 Å². The second-order valence-electron chi connectivity index (χ2n) is 8.28. The van der Waals surface area contributed by atoms with Gasteiger partial charge in [0, 0.05) is 17.7 Å². The van der Waals surface area contributed by atoms with E-state index in [9.17, 15) is 0 Å². The van der Waals surface area contributed by atoms with Crippen LogP contribution >= 0.6 is 0 Å². The Kier molecular flexibility index (Phi) is 3.84. The first-order valence-electron chi connectivity index (χ1n) is 9.28. The van der Waals surface area contributed by atoms with Gasteiger partial charge in [0.2, 0.25) is 11.2 Å². The van der Waals surface area contributed by atoms with Crippen molar-refractivity contribution in [2.45, 2.75) is 33.1 Å². The van der Waals surface area contributed by atoms with Crippen LogP contribution in [0.4, 0.5) is 0 Å². The number of aryl methyl sites for hydroxylation is 2. The average molecular weight is 340 g/mol.